The maximum Gasteiger partial charge on any atom is 0.251 e. The highest BCUT2D eigenvalue weighted by molar-refractivity contribution is 5.94. The van der Waals surface area contributed by atoms with E-state index < -0.39 is 0 Å². The van der Waals surface area contributed by atoms with Crippen molar-refractivity contribution in [1.82, 2.24) is 5.32 Å². The fraction of sp³-hybridized carbons (Fsp3) is 0.562. The molecule has 1 rings (SSSR count). The summed E-state index contributed by atoms with van der Waals surface area (Å²) in [6.07, 6.45) is 5.82. The molecule has 0 atom stereocenters. The monoisotopic (exact) mass is 262 g/mol. The van der Waals surface area contributed by atoms with E-state index >= 15 is 0 Å². The second-order valence-corrected chi connectivity index (χ2v) is 4.82. The van der Waals surface area contributed by atoms with Crippen LogP contribution in [0.15, 0.2) is 24.3 Å². The summed E-state index contributed by atoms with van der Waals surface area (Å²) < 4.78 is 0. The first kappa shape index (κ1) is 15.5. The highest BCUT2D eigenvalue weighted by Gasteiger charge is 2.04. The Morgan fingerprint density at radius 2 is 1.68 bits per heavy atom. The zero-order valence-electron chi connectivity index (χ0n) is 12.2. The molecule has 0 aromatic heterocycles. The predicted octanol–water partition coefficient (Wildman–Crippen LogP) is 3.82. The Hall–Kier alpha value is -1.51. The summed E-state index contributed by atoms with van der Waals surface area (Å²) >= 11 is 0. The zero-order chi connectivity index (χ0) is 13.9. The standard InChI is InChI=1S/C16H26N2O/c1-3-5-6-7-13-18-16(19)14-8-10-15(11-9-14)17-12-4-2/h8-11,17H,3-7,12-13H2,1-2H3,(H,18,19). The van der Waals surface area contributed by atoms with Gasteiger partial charge in [-0.1, -0.05) is 33.1 Å². The Morgan fingerprint density at radius 3 is 2.32 bits per heavy atom. The van der Waals surface area contributed by atoms with Gasteiger partial charge in [0.1, 0.15) is 0 Å². The molecule has 3 nitrogen and oxygen atoms in total. The number of rotatable bonds is 9. The molecular weight excluding hydrogens is 236 g/mol. The van der Waals surface area contributed by atoms with Crippen LogP contribution in [-0.2, 0) is 0 Å². The first-order valence-corrected chi connectivity index (χ1v) is 7.40. The van der Waals surface area contributed by atoms with Crippen LogP contribution in [0.2, 0.25) is 0 Å². The summed E-state index contributed by atoms with van der Waals surface area (Å²) in [5.41, 5.74) is 1.80. The molecule has 0 aliphatic heterocycles. The first-order valence-electron chi connectivity index (χ1n) is 7.40. The van der Waals surface area contributed by atoms with E-state index in [9.17, 15) is 4.79 Å². The van der Waals surface area contributed by atoms with Crippen LogP contribution in [0.4, 0.5) is 5.69 Å². The molecule has 19 heavy (non-hydrogen) atoms. The second-order valence-electron chi connectivity index (χ2n) is 4.82. The maximum absolute atomic E-state index is 11.9. The topological polar surface area (TPSA) is 41.1 Å². The van der Waals surface area contributed by atoms with Gasteiger partial charge in [-0.3, -0.25) is 4.79 Å². The maximum atomic E-state index is 11.9. The van der Waals surface area contributed by atoms with Crippen molar-refractivity contribution in [3.63, 3.8) is 0 Å². The van der Waals surface area contributed by atoms with Crippen molar-refractivity contribution in [1.29, 1.82) is 0 Å². The predicted molar refractivity (Wildman–Crippen MR) is 81.7 cm³/mol. The molecule has 0 unspecified atom stereocenters. The number of anilines is 1. The van der Waals surface area contributed by atoms with E-state index in [4.69, 9.17) is 0 Å². The van der Waals surface area contributed by atoms with E-state index in [1.165, 1.54) is 19.3 Å². The van der Waals surface area contributed by atoms with Crippen molar-refractivity contribution in [3.05, 3.63) is 29.8 Å². The van der Waals surface area contributed by atoms with Crippen LogP contribution in [0.25, 0.3) is 0 Å². The number of carbonyl (C=O) groups is 1. The third-order valence-electron chi connectivity index (χ3n) is 3.04. The third-order valence-corrected chi connectivity index (χ3v) is 3.04. The van der Waals surface area contributed by atoms with Gasteiger partial charge in [0.05, 0.1) is 0 Å². The summed E-state index contributed by atoms with van der Waals surface area (Å²) in [4.78, 5) is 11.9. The summed E-state index contributed by atoms with van der Waals surface area (Å²) in [5, 5.41) is 6.26. The highest BCUT2D eigenvalue weighted by Crippen LogP contribution is 2.09. The molecule has 106 valence electrons. The summed E-state index contributed by atoms with van der Waals surface area (Å²) in [5.74, 6) is 0.0264. The van der Waals surface area contributed by atoms with E-state index in [1.807, 2.05) is 24.3 Å². The average molecular weight is 262 g/mol. The van der Waals surface area contributed by atoms with Crippen LogP contribution >= 0.6 is 0 Å². The van der Waals surface area contributed by atoms with Crippen LogP contribution in [0.1, 0.15) is 56.3 Å². The first-order chi connectivity index (χ1) is 9.27. The average Bonchev–Trinajstić information content (AvgIpc) is 2.45. The van der Waals surface area contributed by atoms with Crippen LogP contribution in [-0.4, -0.2) is 19.0 Å². The molecule has 0 heterocycles. The van der Waals surface area contributed by atoms with Gasteiger partial charge in [0.25, 0.3) is 5.91 Å². The zero-order valence-corrected chi connectivity index (χ0v) is 12.2. The SMILES string of the molecule is CCCCCCNC(=O)c1ccc(NCCC)cc1. The van der Waals surface area contributed by atoms with E-state index in [1.54, 1.807) is 0 Å². The lowest BCUT2D eigenvalue weighted by atomic mass is 10.1. The lowest BCUT2D eigenvalue weighted by molar-refractivity contribution is 0.0953. The Morgan fingerprint density at radius 1 is 0.947 bits per heavy atom. The van der Waals surface area contributed by atoms with Crippen molar-refractivity contribution in [2.75, 3.05) is 18.4 Å². The van der Waals surface area contributed by atoms with Gasteiger partial charge in [-0.05, 0) is 37.1 Å². The minimum absolute atomic E-state index is 0.0264. The van der Waals surface area contributed by atoms with Crippen molar-refractivity contribution in [2.24, 2.45) is 0 Å². The van der Waals surface area contributed by atoms with Crippen LogP contribution in [0, 0.1) is 0 Å². The van der Waals surface area contributed by atoms with Gasteiger partial charge in [0.15, 0.2) is 0 Å². The summed E-state index contributed by atoms with van der Waals surface area (Å²) in [6.45, 7) is 6.05. The molecule has 0 bridgehead atoms. The van der Waals surface area contributed by atoms with Gasteiger partial charge in [-0.25, -0.2) is 0 Å². The molecule has 0 aliphatic rings. The van der Waals surface area contributed by atoms with Crippen molar-refractivity contribution < 1.29 is 4.79 Å². The van der Waals surface area contributed by atoms with Gasteiger partial charge in [0.2, 0.25) is 0 Å². The lowest BCUT2D eigenvalue weighted by Gasteiger charge is -2.07. The molecule has 0 spiro atoms. The minimum atomic E-state index is 0.0264. The number of nitrogens with one attached hydrogen (secondary N) is 2. The largest absolute Gasteiger partial charge is 0.385 e. The molecule has 2 N–H and O–H groups in total. The summed E-state index contributed by atoms with van der Waals surface area (Å²) in [7, 11) is 0. The van der Waals surface area contributed by atoms with E-state index in [2.05, 4.69) is 24.5 Å². The van der Waals surface area contributed by atoms with Gasteiger partial charge in [-0.2, -0.15) is 0 Å². The van der Waals surface area contributed by atoms with Crippen molar-refractivity contribution in [2.45, 2.75) is 46.0 Å². The Labute approximate surface area is 116 Å². The molecule has 1 aromatic carbocycles. The Bertz CT molecular complexity index is 360. The van der Waals surface area contributed by atoms with Crippen molar-refractivity contribution in [3.8, 4) is 0 Å². The fourth-order valence-electron chi connectivity index (χ4n) is 1.86. The quantitative estimate of drug-likeness (QED) is 0.664. The number of hydrogen-bond donors (Lipinski definition) is 2. The van der Waals surface area contributed by atoms with E-state index in [0.29, 0.717) is 0 Å². The molecule has 3 heteroatoms. The molecule has 0 radical (unpaired) electrons. The van der Waals surface area contributed by atoms with Gasteiger partial charge in [-0.15, -0.1) is 0 Å². The van der Waals surface area contributed by atoms with Crippen molar-refractivity contribution >= 4 is 11.6 Å². The number of unbranched alkanes of at least 4 members (excludes halogenated alkanes) is 3. The third kappa shape index (κ3) is 6.27. The number of benzene rings is 1. The number of hydrogen-bond acceptors (Lipinski definition) is 2. The molecule has 0 saturated heterocycles. The smallest absolute Gasteiger partial charge is 0.251 e. The van der Waals surface area contributed by atoms with Crippen LogP contribution < -0.4 is 10.6 Å². The van der Waals surface area contributed by atoms with Gasteiger partial charge < -0.3 is 10.6 Å². The van der Waals surface area contributed by atoms with Crippen LogP contribution in [0.5, 0.6) is 0 Å². The number of amides is 1. The Kier molecular flexibility index (Phi) is 7.71. The normalized spacial score (nSPS) is 10.2. The second kappa shape index (κ2) is 9.42. The molecule has 1 amide bonds. The van der Waals surface area contributed by atoms with Gasteiger partial charge in [0, 0.05) is 24.3 Å². The molecule has 1 aromatic rings. The van der Waals surface area contributed by atoms with Gasteiger partial charge >= 0.3 is 0 Å². The molecule has 0 aliphatic carbocycles. The summed E-state index contributed by atoms with van der Waals surface area (Å²) in [6, 6.07) is 7.67. The molecule has 0 fully saturated rings. The molecule has 0 saturated carbocycles. The number of carbonyl (C=O) groups excluding carboxylic acids is 1. The lowest BCUT2D eigenvalue weighted by Crippen LogP contribution is -2.24. The van der Waals surface area contributed by atoms with E-state index in [0.717, 1.165) is 37.2 Å². The fourth-order valence-corrected chi connectivity index (χ4v) is 1.86. The minimum Gasteiger partial charge on any atom is -0.385 e. The molecular formula is C16H26N2O. The van der Waals surface area contributed by atoms with Crippen LogP contribution in [0.3, 0.4) is 0 Å². The highest BCUT2D eigenvalue weighted by atomic mass is 16.1. The Balaban J connectivity index is 2.32. The van der Waals surface area contributed by atoms with E-state index in [-0.39, 0.29) is 5.91 Å².